The molecule has 1 aromatic carbocycles. The molecular formula is C14H21BrN2. The summed E-state index contributed by atoms with van der Waals surface area (Å²) in [4.78, 5) is 0. The Bertz CT molecular complexity index is 331. The SMILES string of the molecule is CC(Cc1ccc(Br)cc1)NCC1CCCN1. The maximum atomic E-state index is 3.61. The first-order valence-electron chi connectivity index (χ1n) is 6.45. The molecule has 2 nitrogen and oxygen atoms in total. The van der Waals surface area contributed by atoms with Crippen molar-refractivity contribution in [3.05, 3.63) is 34.3 Å². The van der Waals surface area contributed by atoms with Gasteiger partial charge in [0.05, 0.1) is 0 Å². The van der Waals surface area contributed by atoms with Crippen LogP contribution in [0.15, 0.2) is 28.7 Å². The van der Waals surface area contributed by atoms with Gasteiger partial charge in [0, 0.05) is 23.1 Å². The van der Waals surface area contributed by atoms with Gasteiger partial charge in [0.15, 0.2) is 0 Å². The van der Waals surface area contributed by atoms with Crippen molar-refractivity contribution >= 4 is 15.9 Å². The summed E-state index contributed by atoms with van der Waals surface area (Å²) in [5.74, 6) is 0. The molecule has 0 saturated carbocycles. The Labute approximate surface area is 112 Å². The molecule has 2 unspecified atom stereocenters. The number of nitrogens with one attached hydrogen (secondary N) is 2. The molecule has 2 rings (SSSR count). The van der Waals surface area contributed by atoms with Crippen LogP contribution in [0.1, 0.15) is 25.3 Å². The molecule has 3 heteroatoms. The van der Waals surface area contributed by atoms with Crippen LogP contribution in [0.25, 0.3) is 0 Å². The standard InChI is InChI=1S/C14H21BrN2/c1-11(17-10-14-3-2-8-16-14)9-12-4-6-13(15)7-5-12/h4-7,11,14,16-17H,2-3,8-10H2,1H3. The molecule has 0 aliphatic carbocycles. The van der Waals surface area contributed by atoms with Crippen molar-refractivity contribution in [2.45, 2.75) is 38.3 Å². The average Bonchev–Trinajstić information content (AvgIpc) is 2.83. The summed E-state index contributed by atoms with van der Waals surface area (Å²) in [5.41, 5.74) is 1.40. The van der Waals surface area contributed by atoms with Crippen molar-refractivity contribution in [1.29, 1.82) is 0 Å². The predicted molar refractivity (Wildman–Crippen MR) is 76.3 cm³/mol. The van der Waals surface area contributed by atoms with Gasteiger partial charge in [-0.05, 0) is 50.4 Å². The lowest BCUT2D eigenvalue weighted by molar-refractivity contribution is 0.477. The Kier molecular flexibility index (Phi) is 5.01. The second-order valence-electron chi connectivity index (χ2n) is 4.93. The van der Waals surface area contributed by atoms with Crippen LogP contribution in [0, 0.1) is 0 Å². The fourth-order valence-electron chi connectivity index (χ4n) is 2.32. The van der Waals surface area contributed by atoms with Gasteiger partial charge in [-0.1, -0.05) is 28.1 Å². The van der Waals surface area contributed by atoms with E-state index in [-0.39, 0.29) is 0 Å². The predicted octanol–water partition coefficient (Wildman–Crippen LogP) is 2.72. The minimum Gasteiger partial charge on any atom is -0.313 e. The molecule has 1 saturated heterocycles. The third kappa shape index (κ3) is 4.41. The summed E-state index contributed by atoms with van der Waals surface area (Å²) in [6.07, 6.45) is 3.74. The second-order valence-corrected chi connectivity index (χ2v) is 5.85. The van der Waals surface area contributed by atoms with Crippen molar-refractivity contribution < 1.29 is 0 Å². The van der Waals surface area contributed by atoms with E-state index >= 15 is 0 Å². The van der Waals surface area contributed by atoms with Crippen LogP contribution in [0.2, 0.25) is 0 Å². The molecule has 0 amide bonds. The normalized spacial score (nSPS) is 21.6. The van der Waals surface area contributed by atoms with E-state index in [1.807, 2.05) is 0 Å². The van der Waals surface area contributed by atoms with Gasteiger partial charge >= 0.3 is 0 Å². The first-order chi connectivity index (χ1) is 8.24. The first kappa shape index (κ1) is 13.1. The molecule has 0 bridgehead atoms. The summed E-state index contributed by atoms with van der Waals surface area (Å²) < 4.78 is 1.15. The lowest BCUT2D eigenvalue weighted by atomic mass is 10.1. The average molecular weight is 297 g/mol. The minimum atomic E-state index is 0.540. The maximum absolute atomic E-state index is 3.61. The van der Waals surface area contributed by atoms with E-state index < -0.39 is 0 Å². The second kappa shape index (κ2) is 6.53. The van der Waals surface area contributed by atoms with Crippen molar-refractivity contribution in [3.8, 4) is 0 Å². The molecule has 17 heavy (non-hydrogen) atoms. The number of hydrogen-bond donors (Lipinski definition) is 2. The lowest BCUT2D eigenvalue weighted by Gasteiger charge is -2.17. The van der Waals surface area contributed by atoms with E-state index in [4.69, 9.17) is 0 Å². The third-order valence-corrected chi connectivity index (χ3v) is 3.86. The minimum absolute atomic E-state index is 0.540. The van der Waals surface area contributed by atoms with Gasteiger partial charge < -0.3 is 10.6 Å². The smallest absolute Gasteiger partial charge is 0.0193 e. The highest BCUT2D eigenvalue weighted by Crippen LogP contribution is 2.12. The van der Waals surface area contributed by atoms with Crippen molar-refractivity contribution in [2.24, 2.45) is 0 Å². The van der Waals surface area contributed by atoms with E-state index in [1.165, 1.54) is 24.9 Å². The van der Waals surface area contributed by atoms with Gasteiger partial charge in [-0.2, -0.15) is 0 Å². The molecule has 0 aromatic heterocycles. The van der Waals surface area contributed by atoms with Gasteiger partial charge in [0.25, 0.3) is 0 Å². The zero-order valence-electron chi connectivity index (χ0n) is 10.4. The lowest BCUT2D eigenvalue weighted by Crippen LogP contribution is -2.39. The zero-order chi connectivity index (χ0) is 12.1. The number of rotatable bonds is 5. The van der Waals surface area contributed by atoms with Gasteiger partial charge in [-0.15, -0.1) is 0 Å². The number of hydrogen-bond acceptors (Lipinski definition) is 2. The molecule has 1 aliphatic heterocycles. The highest BCUT2D eigenvalue weighted by Gasteiger charge is 2.14. The number of halogens is 1. The highest BCUT2D eigenvalue weighted by molar-refractivity contribution is 9.10. The Hall–Kier alpha value is -0.380. The molecule has 0 spiro atoms. The summed E-state index contributed by atoms with van der Waals surface area (Å²) in [6, 6.07) is 9.83. The van der Waals surface area contributed by atoms with Crippen molar-refractivity contribution in [2.75, 3.05) is 13.1 Å². The molecule has 1 fully saturated rings. The van der Waals surface area contributed by atoms with Crippen LogP contribution >= 0.6 is 15.9 Å². The molecule has 2 N–H and O–H groups in total. The Balaban J connectivity index is 1.72. The third-order valence-electron chi connectivity index (χ3n) is 3.33. The van der Waals surface area contributed by atoms with Crippen LogP contribution in [0.5, 0.6) is 0 Å². The Morgan fingerprint density at radius 1 is 1.41 bits per heavy atom. The van der Waals surface area contributed by atoms with Crippen LogP contribution in [0.4, 0.5) is 0 Å². The van der Waals surface area contributed by atoms with Gasteiger partial charge in [-0.3, -0.25) is 0 Å². The molecular weight excluding hydrogens is 276 g/mol. The first-order valence-corrected chi connectivity index (χ1v) is 7.24. The van der Waals surface area contributed by atoms with E-state index in [0.717, 1.165) is 17.4 Å². The zero-order valence-corrected chi connectivity index (χ0v) is 12.0. The molecule has 94 valence electrons. The topological polar surface area (TPSA) is 24.1 Å². The van der Waals surface area contributed by atoms with Crippen LogP contribution in [-0.4, -0.2) is 25.2 Å². The molecule has 1 aromatic rings. The Morgan fingerprint density at radius 2 is 2.18 bits per heavy atom. The van der Waals surface area contributed by atoms with Crippen LogP contribution in [0.3, 0.4) is 0 Å². The monoisotopic (exact) mass is 296 g/mol. The number of benzene rings is 1. The largest absolute Gasteiger partial charge is 0.313 e. The summed E-state index contributed by atoms with van der Waals surface area (Å²) in [7, 11) is 0. The van der Waals surface area contributed by atoms with Crippen LogP contribution < -0.4 is 10.6 Å². The maximum Gasteiger partial charge on any atom is 0.0193 e. The van der Waals surface area contributed by atoms with E-state index in [1.54, 1.807) is 0 Å². The highest BCUT2D eigenvalue weighted by atomic mass is 79.9. The summed E-state index contributed by atoms with van der Waals surface area (Å²) in [6.45, 7) is 4.54. The van der Waals surface area contributed by atoms with E-state index in [2.05, 4.69) is 57.8 Å². The molecule has 1 heterocycles. The van der Waals surface area contributed by atoms with Gasteiger partial charge in [0.2, 0.25) is 0 Å². The van der Waals surface area contributed by atoms with E-state index in [0.29, 0.717) is 12.1 Å². The van der Waals surface area contributed by atoms with Gasteiger partial charge in [-0.25, -0.2) is 0 Å². The molecule has 2 atom stereocenters. The fraction of sp³-hybridized carbons (Fsp3) is 0.571. The quantitative estimate of drug-likeness (QED) is 0.873. The fourth-order valence-corrected chi connectivity index (χ4v) is 2.58. The molecule has 1 aliphatic rings. The van der Waals surface area contributed by atoms with Gasteiger partial charge in [0.1, 0.15) is 0 Å². The molecule has 0 radical (unpaired) electrons. The van der Waals surface area contributed by atoms with Crippen molar-refractivity contribution in [1.82, 2.24) is 10.6 Å². The van der Waals surface area contributed by atoms with Crippen molar-refractivity contribution in [3.63, 3.8) is 0 Å². The van der Waals surface area contributed by atoms with E-state index in [9.17, 15) is 0 Å². The Morgan fingerprint density at radius 3 is 2.82 bits per heavy atom. The summed E-state index contributed by atoms with van der Waals surface area (Å²) in [5, 5.41) is 7.13. The van der Waals surface area contributed by atoms with Crippen LogP contribution in [-0.2, 0) is 6.42 Å². The summed E-state index contributed by atoms with van der Waals surface area (Å²) >= 11 is 3.46.